The molecule has 0 N–H and O–H groups in total. The van der Waals surface area contributed by atoms with Gasteiger partial charge < -0.3 is 0 Å². The minimum absolute atomic E-state index is 0.873. The molecule has 0 heterocycles. The smallest absolute Gasteiger partial charge is 0.0289 e. The van der Waals surface area contributed by atoms with Gasteiger partial charge in [0, 0.05) is 0 Å². The van der Waals surface area contributed by atoms with Crippen LogP contribution in [-0.2, 0) is 0 Å². The van der Waals surface area contributed by atoms with Gasteiger partial charge in [-0.15, -0.1) is 0 Å². The number of hydrogen-bond donors (Lipinski definition) is 0. The second kappa shape index (κ2) is 4.83. The standard InChI is InChI=1S/C13H24/c1-5-6-12-7-8-13(10(2)3)9-11(12)4/h10,13H,5-9H2,1-4H3. The third kappa shape index (κ3) is 2.86. The zero-order valence-corrected chi connectivity index (χ0v) is 9.69. The van der Waals surface area contributed by atoms with E-state index in [1.54, 1.807) is 11.1 Å². The minimum atomic E-state index is 0.873. The summed E-state index contributed by atoms with van der Waals surface area (Å²) in [4.78, 5) is 0. The van der Waals surface area contributed by atoms with Gasteiger partial charge in [0.15, 0.2) is 0 Å². The summed E-state index contributed by atoms with van der Waals surface area (Å²) >= 11 is 0. The Hall–Kier alpha value is -0.260. The predicted molar refractivity (Wildman–Crippen MR) is 59.8 cm³/mol. The molecule has 0 heteroatoms. The van der Waals surface area contributed by atoms with Crippen molar-refractivity contribution in [2.75, 3.05) is 0 Å². The average Bonchev–Trinajstić information content (AvgIpc) is 2.08. The molecule has 1 rings (SSSR count). The Balaban J connectivity index is 2.56. The third-order valence-corrected chi connectivity index (χ3v) is 3.48. The van der Waals surface area contributed by atoms with E-state index >= 15 is 0 Å². The van der Waals surface area contributed by atoms with Crippen molar-refractivity contribution < 1.29 is 0 Å². The molecule has 0 fully saturated rings. The van der Waals surface area contributed by atoms with Gasteiger partial charge in [0.1, 0.15) is 0 Å². The molecule has 0 aromatic rings. The third-order valence-electron chi connectivity index (χ3n) is 3.48. The van der Waals surface area contributed by atoms with E-state index in [-0.39, 0.29) is 0 Å². The van der Waals surface area contributed by atoms with E-state index < -0.39 is 0 Å². The maximum absolute atomic E-state index is 2.36. The molecule has 0 saturated carbocycles. The molecule has 0 radical (unpaired) electrons. The Morgan fingerprint density at radius 2 is 2.08 bits per heavy atom. The first kappa shape index (κ1) is 10.8. The largest absolute Gasteiger partial charge is 0.0738 e. The van der Waals surface area contributed by atoms with Crippen LogP contribution in [0.5, 0.6) is 0 Å². The molecule has 0 nitrogen and oxygen atoms in total. The van der Waals surface area contributed by atoms with E-state index in [0.29, 0.717) is 0 Å². The monoisotopic (exact) mass is 180 g/mol. The minimum Gasteiger partial charge on any atom is -0.0738 e. The number of allylic oxidation sites excluding steroid dienone is 2. The molecular weight excluding hydrogens is 156 g/mol. The van der Waals surface area contributed by atoms with Crippen molar-refractivity contribution in [2.24, 2.45) is 11.8 Å². The molecular formula is C13H24. The second-order valence-corrected chi connectivity index (χ2v) is 4.88. The average molecular weight is 180 g/mol. The van der Waals surface area contributed by atoms with Crippen LogP contribution >= 0.6 is 0 Å². The van der Waals surface area contributed by atoms with Crippen molar-refractivity contribution in [3.8, 4) is 0 Å². The first-order valence-electron chi connectivity index (χ1n) is 5.82. The van der Waals surface area contributed by atoms with Crippen LogP contribution in [0.25, 0.3) is 0 Å². The number of hydrogen-bond acceptors (Lipinski definition) is 0. The fourth-order valence-corrected chi connectivity index (χ4v) is 2.42. The van der Waals surface area contributed by atoms with E-state index in [4.69, 9.17) is 0 Å². The molecule has 0 aromatic heterocycles. The van der Waals surface area contributed by atoms with Gasteiger partial charge in [-0.05, 0) is 44.4 Å². The topological polar surface area (TPSA) is 0 Å². The van der Waals surface area contributed by atoms with Crippen molar-refractivity contribution in [3.05, 3.63) is 11.1 Å². The maximum Gasteiger partial charge on any atom is -0.0289 e. The molecule has 0 amide bonds. The van der Waals surface area contributed by atoms with Gasteiger partial charge in [0.2, 0.25) is 0 Å². The lowest BCUT2D eigenvalue weighted by Crippen LogP contribution is -2.14. The summed E-state index contributed by atoms with van der Waals surface area (Å²) in [6.07, 6.45) is 6.84. The van der Waals surface area contributed by atoms with E-state index in [1.165, 1.54) is 32.1 Å². The van der Waals surface area contributed by atoms with Crippen LogP contribution in [0.2, 0.25) is 0 Å². The molecule has 1 aliphatic rings. The van der Waals surface area contributed by atoms with Crippen molar-refractivity contribution in [1.29, 1.82) is 0 Å². The van der Waals surface area contributed by atoms with E-state index in [2.05, 4.69) is 27.7 Å². The molecule has 1 atom stereocenters. The maximum atomic E-state index is 2.36. The molecule has 0 aliphatic heterocycles. The van der Waals surface area contributed by atoms with Crippen LogP contribution in [0, 0.1) is 11.8 Å². The quantitative estimate of drug-likeness (QED) is 0.558. The van der Waals surface area contributed by atoms with Gasteiger partial charge in [0.05, 0.1) is 0 Å². The highest BCUT2D eigenvalue weighted by Gasteiger charge is 2.20. The highest BCUT2D eigenvalue weighted by molar-refractivity contribution is 5.16. The van der Waals surface area contributed by atoms with Crippen molar-refractivity contribution in [3.63, 3.8) is 0 Å². The fraction of sp³-hybridized carbons (Fsp3) is 0.846. The lowest BCUT2D eigenvalue weighted by molar-refractivity contribution is 0.338. The summed E-state index contributed by atoms with van der Waals surface area (Å²) in [5.41, 5.74) is 3.46. The van der Waals surface area contributed by atoms with E-state index in [1.807, 2.05) is 0 Å². The molecule has 0 saturated heterocycles. The van der Waals surface area contributed by atoms with Gasteiger partial charge in [-0.25, -0.2) is 0 Å². The SMILES string of the molecule is CCCC1=C(C)CC(C(C)C)CC1. The summed E-state index contributed by atoms with van der Waals surface area (Å²) < 4.78 is 0. The molecule has 1 unspecified atom stereocenters. The van der Waals surface area contributed by atoms with Crippen LogP contribution < -0.4 is 0 Å². The first-order valence-corrected chi connectivity index (χ1v) is 5.82. The molecule has 0 aromatic carbocycles. The Kier molecular flexibility index (Phi) is 4.02. The van der Waals surface area contributed by atoms with Crippen LogP contribution in [-0.4, -0.2) is 0 Å². The Morgan fingerprint density at radius 3 is 2.54 bits per heavy atom. The summed E-state index contributed by atoms with van der Waals surface area (Å²) in [6, 6.07) is 0. The lowest BCUT2D eigenvalue weighted by atomic mass is 9.78. The zero-order chi connectivity index (χ0) is 9.84. The first-order chi connectivity index (χ1) is 6.15. The van der Waals surface area contributed by atoms with Gasteiger partial charge in [-0.3, -0.25) is 0 Å². The van der Waals surface area contributed by atoms with Gasteiger partial charge in [0.25, 0.3) is 0 Å². The second-order valence-electron chi connectivity index (χ2n) is 4.88. The molecule has 76 valence electrons. The highest BCUT2D eigenvalue weighted by Crippen LogP contribution is 2.35. The summed E-state index contributed by atoms with van der Waals surface area (Å²) in [5.74, 6) is 1.83. The molecule has 0 spiro atoms. The van der Waals surface area contributed by atoms with Crippen molar-refractivity contribution in [1.82, 2.24) is 0 Å². The fourth-order valence-electron chi connectivity index (χ4n) is 2.42. The van der Waals surface area contributed by atoms with Crippen LogP contribution in [0.1, 0.15) is 59.8 Å². The zero-order valence-electron chi connectivity index (χ0n) is 9.69. The summed E-state index contributed by atoms with van der Waals surface area (Å²) in [7, 11) is 0. The molecule has 13 heavy (non-hydrogen) atoms. The van der Waals surface area contributed by atoms with E-state index in [0.717, 1.165) is 11.8 Å². The Morgan fingerprint density at radius 1 is 1.38 bits per heavy atom. The van der Waals surface area contributed by atoms with Gasteiger partial charge in [-0.1, -0.05) is 38.3 Å². The summed E-state index contributed by atoms with van der Waals surface area (Å²) in [6.45, 7) is 9.36. The van der Waals surface area contributed by atoms with Crippen LogP contribution in [0.15, 0.2) is 11.1 Å². The highest BCUT2D eigenvalue weighted by atomic mass is 14.3. The van der Waals surface area contributed by atoms with Gasteiger partial charge in [-0.2, -0.15) is 0 Å². The van der Waals surface area contributed by atoms with Crippen LogP contribution in [0.4, 0.5) is 0 Å². The lowest BCUT2D eigenvalue weighted by Gasteiger charge is -2.28. The molecule has 1 aliphatic carbocycles. The van der Waals surface area contributed by atoms with Crippen molar-refractivity contribution in [2.45, 2.75) is 59.8 Å². The Labute approximate surface area is 83.4 Å². The molecule has 0 bridgehead atoms. The van der Waals surface area contributed by atoms with Crippen molar-refractivity contribution >= 4 is 0 Å². The normalized spacial score (nSPS) is 24.2. The predicted octanol–water partition coefficient (Wildman–Crippen LogP) is 4.56. The summed E-state index contributed by atoms with van der Waals surface area (Å²) in [5, 5.41) is 0. The van der Waals surface area contributed by atoms with Gasteiger partial charge >= 0.3 is 0 Å². The van der Waals surface area contributed by atoms with Crippen LogP contribution in [0.3, 0.4) is 0 Å². The van der Waals surface area contributed by atoms with E-state index in [9.17, 15) is 0 Å². The Bertz CT molecular complexity index is 186. The number of rotatable bonds is 3.